The molecule has 0 spiro atoms. The fourth-order valence-electron chi connectivity index (χ4n) is 2.21. The molecule has 0 aliphatic rings. The summed E-state index contributed by atoms with van der Waals surface area (Å²) < 4.78 is 43.2. The first-order valence-corrected chi connectivity index (χ1v) is 7.56. The Morgan fingerprint density at radius 3 is 2.52 bits per heavy atom. The van der Waals surface area contributed by atoms with E-state index < -0.39 is 17.8 Å². The van der Waals surface area contributed by atoms with Crippen LogP contribution in [0.1, 0.15) is 11.1 Å². The van der Waals surface area contributed by atoms with Crippen LogP contribution < -0.4 is 10.6 Å². The summed E-state index contributed by atoms with van der Waals surface area (Å²) in [5.74, 6) is 0. The second-order valence-corrected chi connectivity index (χ2v) is 5.38. The van der Waals surface area contributed by atoms with Crippen molar-refractivity contribution in [3.8, 4) is 17.3 Å². The number of nitriles is 1. The second-order valence-electron chi connectivity index (χ2n) is 5.38. The molecule has 0 fully saturated rings. The molecule has 1 heterocycles. The highest BCUT2D eigenvalue weighted by Crippen LogP contribution is 2.30. The van der Waals surface area contributed by atoms with E-state index in [9.17, 15) is 18.0 Å². The molecular formula is C18H11F3N4O2. The van der Waals surface area contributed by atoms with Crippen molar-refractivity contribution in [2.45, 2.75) is 6.18 Å². The summed E-state index contributed by atoms with van der Waals surface area (Å²) in [5, 5.41) is 13.4. The van der Waals surface area contributed by atoms with Crippen molar-refractivity contribution in [3.63, 3.8) is 0 Å². The number of carbonyl (C=O) groups excluding carboxylic acids is 1. The molecule has 136 valence electrons. The Morgan fingerprint density at radius 2 is 1.85 bits per heavy atom. The summed E-state index contributed by atoms with van der Waals surface area (Å²) in [7, 11) is 0. The van der Waals surface area contributed by atoms with Crippen LogP contribution in [0.3, 0.4) is 0 Å². The monoisotopic (exact) mass is 372 g/mol. The first kappa shape index (κ1) is 18.0. The number of nitrogens with one attached hydrogen (secondary N) is 2. The van der Waals surface area contributed by atoms with Crippen LogP contribution in [0.4, 0.5) is 29.7 Å². The molecular weight excluding hydrogens is 361 g/mol. The molecule has 2 N–H and O–H groups in total. The van der Waals surface area contributed by atoms with Crippen LogP contribution in [0.25, 0.3) is 11.3 Å². The van der Waals surface area contributed by atoms with E-state index in [2.05, 4.69) is 15.6 Å². The van der Waals surface area contributed by atoms with E-state index >= 15 is 0 Å². The lowest BCUT2D eigenvalue weighted by Gasteiger charge is -2.09. The lowest BCUT2D eigenvalue weighted by molar-refractivity contribution is -0.137. The number of rotatable bonds is 3. The molecule has 0 saturated heterocycles. The van der Waals surface area contributed by atoms with Crippen molar-refractivity contribution >= 4 is 17.7 Å². The molecule has 0 aliphatic carbocycles. The molecule has 0 unspecified atom stereocenters. The number of oxazole rings is 1. The number of benzene rings is 2. The Morgan fingerprint density at radius 1 is 1.11 bits per heavy atom. The van der Waals surface area contributed by atoms with E-state index in [0.717, 1.165) is 12.1 Å². The van der Waals surface area contributed by atoms with Crippen LogP contribution in [0.15, 0.2) is 59.2 Å². The Hall–Kier alpha value is -3.80. The lowest BCUT2D eigenvalue weighted by atomic mass is 10.1. The van der Waals surface area contributed by atoms with Crippen LogP contribution in [-0.4, -0.2) is 11.0 Å². The molecule has 6 nitrogen and oxygen atoms in total. The average Bonchev–Trinajstić information content (AvgIpc) is 3.09. The minimum absolute atomic E-state index is 0.0267. The fraction of sp³-hybridized carbons (Fsp3) is 0.0556. The van der Waals surface area contributed by atoms with E-state index in [1.165, 1.54) is 18.4 Å². The van der Waals surface area contributed by atoms with Gasteiger partial charge in [0.05, 0.1) is 17.2 Å². The van der Waals surface area contributed by atoms with Gasteiger partial charge in [-0.1, -0.05) is 18.2 Å². The quantitative estimate of drug-likeness (QED) is 0.686. The highest BCUT2D eigenvalue weighted by Gasteiger charge is 2.30. The fourth-order valence-corrected chi connectivity index (χ4v) is 2.21. The van der Waals surface area contributed by atoms with Crippen molar-refractivity contribution in [2.24, 2.45) is 0 Å². The zero-order chi connectivity index (χ0) is 19.4. The number of aromatic nitrogens is 1. The van der Waals surface area contributed by atoms with E-state index in [1.54, 1.807) is 24.3 Å². The summed E-state index contributed by atoms with van der Waals surface area (Å²) in [5.41, 5.74) is 0.680. The highest BCUT2D eigenvalue weighted by atomic mass is 19.4. The summed E-state index contributed by atoms with van der Waals surface area (Å²) in [6.45, 7) is 0. The highest BCUT2D eigenvalue weighted by molar-refractivity contribution is 5.98. The van der Waals surface area contributed by atoms with Gasteiger partial charge in [-0.15, -0.1) is 0 Å². The zero-order valence-corrected chi connectivity index (χ0v) is 13.5. The van der Waals surface area contributed by atoms with Gasteiger partial charge < -0.3 is 9.73 Å². The van der Waals surface area contributed by atoms with Crippen LogP contribution in [0.5, 0.6) is 0 Å². The number of hydrogen-bond acceptors (Lipinski definition) is 4. The molecule has 0 radical (unpaired) electrons. The molecule has 0 aliphatic heterocycles. The normalized spacial score (nSPS) is 10.9. The standard InChI is InChI=1S/C18H11F3N4O2/c19-18(20,21)13-2-1-3-14(8-13)23-16(26)25-17-24-15(10-27-17)12-6-4-11(9-22)5-7-12/h1-8,10H,(H2,23,24,25,26). The summed E-state index contributed by atoms with van der Waals surface area (Å²) in [6.07, 6.45) is -3.20. The van der Waals surface area contributed by atoms with Crippen LogP contribution in [-0.2, 0) is 6.18 Å². The van der Waals surface area contributed by atoms with Gasteiger partial charge in [0.15, 0.2) is 0 Å². The minimum Gasteiger partial charge on any atom is -0.431 e. The Kier molecular flexibility index (Phi) is 4.81. The van der Waals surface area contributed by atoms with Crippen molar-refractivity contribution in [1.29, 1.82) is 5.26 Å². The van der Waals surface area contributed by atoms with Gasteiger partial charge in [-0.2, -0.15) is 23.4 Å². The summed E-state index contributed by atoms with van der Waals surface area (Å²) in [4.78, 5) is 16.0. The third-order valence-electron chi connectivity index (χ3n) is 3.48. The maximum atomic E-state index is 12.7. The zero-order valence-electron chi connectivity index (χ0n) is 13.5. The average molecular weight is 372 g/mol. The largest absolute Gasteiger partial charge is 0.431 e. The smallest absolute Gasteiger partial charge is 0.416 e. The van der Waals surface area contributed by atoms with Gasteiger partial charge in [-0.3, -0.25) is 5.32 Å². The predicted octanol–water partition coefficient (Wildman–Crippen LogP) is 4.88. The molecule has 27 heavy (non-hydrogen) atoms. The Bertz CT molecular complexity index is 1000. The molecule has 2 amide bonds. The SMILES string of the molecule is N#Cc1ccc(-c2coc(NC(=O)Nc3cccc(C(F)(F)F)c3)n2)cc1. The number of halogens is 3. The van der Waals surface area contributed by atoms with Crippen molar-refractivity contribution in [2.75, 3.05) is 10.6 Å². The molecule has 3 rings (SSSR count). The lowest BCUT2D eigenvalue weighted by Crippen LogP contribution is -2.20. The van der Waals surface area contributed by atoms with Crippen LogP contribution >= 0.6 is 0 Å². The summed E-state index contributed by atoms with van der Waals surface area (Å²) >= 11 is 0. The molecule has 1 aromatic heterocycles. The van der Waals surface area contributed by atoms with Crippen molar-refractivity contribution < 1.29 is 22.4 Å². The predicted molar refractivity (Wildman–Crippen MR) is 90.7 cm³/mol. The van der Waals surface area contributed by atoms with Gasteiger partial charge in [0.1, 0.15) is 12.0 Å². The molecule has 0 saturated carbocycles. The van der Waals surface area contributed by atoms with Crippen molar-refractivity contribution in [3.05, 3.63) is 65.9 Å². The van der Waals surface area contributed by atoms with E-state index in [-0.39, 0.29) is 11.7 Å². The number of urea groups is 1. The molecule has 9 heteroatoms. The number of carbonyl (C=O) groups is 1. The number of alkyl halides is 3. The van der Waals surface area contributed by atoms with Crippen LogP contribution in [0.2, 0.25) is 0 Å². The van der Waals surface area contributed by atoms with Gasteiger partial charge in [0.25, 0.3) is 0 Å². The van der Waals surface area contributed by atoms with Gasteiger partial charge in [0.2, 0.25) is 0 Å². The van der Waals surface area contributed by atoms with Gasteiger partial charge in [-0.05, 0) is 30.3 Å². The van der Waals surface area contributed by atoms with Crippen LogP contribution in [0, 0.1) is 11.3 Å². The van der Waals surface area contributed by atoms with E-state index in [0.29, 0.717) is 16.8 Å². The molecule has 2 aromatic carbocycles. The van der Waals surface area contributed by atoms with Gasteiger partial charge in [0, 0.05) is 11.3 Å². The third kappa shape index (κ3) is 4.43. The number of anilines is 2. The van der Waals surface area contributed by atoms with Gasteiger partial charge >= 0.3 is 18.2 Å². The molecule has 0 atom stereocenters. The Labute approximate surface area is 151 Å². The van der Waals surface area contributed by atoms with E-state index in [4.69, 9.17) is 9.68 Å². The minimum atomic E-state index is -4.51. The number of amides is 2. The number of hydrogen-bond donors (Lipinski definition) is 2. The number of nitrogens with zero attached hydrogens (tertiary/aromatic N) is 2. The topological polar surface area (TPSA) is 91.0 Å². The Balaban J connectivity index is 1.67. The molecule has 3 aromatic rings. The summed E-state index contributed by atoms with van der Waals surface area (Å²) in [6, 6.07) is 11.9. The maximum Gasteiger partial charge on any atom is 0.416 e. The van der Waals surface area contributed by atoms with Gasteiger partial charge in [-0.25, -0.2) is 4.79 Å². The first-order chi connectivity index (χ1) is 12.8. The molecule has 0 bridgehead atoms. The van der Waals surface area contributed by atoms with E-state index in [1.807, 2.05) is 6.07 Å². The first-order valence-electron chi connectivity index (χ1n) is 7.56. The second kappa shape index (κ2) is 7.21. The third-order valence-corrected chi connectivity index (χ3v) is 3.48. The maximum absolute atomic E-state index is 12.7. The van der Waals surface area contributed by atoms with Crippen molar-refractivity contribution in [1.82, 2.24) is 4.98 Å².